The number of rotatable bonds is 5. The van der Waals surface area contributed by atoms with Crippen molar-refractivity contribution in [3.63, 3.8) is 0 Å². The fourth-order valence-electron chi connectivity index (χ4n) is 2.71. The molecule has 5 nitrogen and oxygen atoms in total. The standard InChI is InChI=1S/C21H17N3O2S/c1-14-10-19(25)24-21(23-14)27-13-20-22-12-18(26-20)17-9-5-8-16(11-17)15-6-3-2-4-7-15/h2-12H,13H2,1H3,(H,23,24,25). The van der Waals surface area contributed by atoms with Crippen LogP contribution >= 0.6 is 11.8 Å². The van der Waals surface area contributed by atoms with Crippen LogP contribution < -0.4 is 0 Å². The molecular formula is C21H17N3O2S. The molecule has 0 aliphatic heterocycles. The largest absolute Gasteiger partial charge is 0.493 e. The molecule has 0 aliphatic carbocycles. The van der Waals surface area contributed by atoms with E-state index in [0.29, 0.717) is 16.8 Å². The molecule has 0 fully saturated rings. The molecule has 4 rings (SSSR count). The highest BCUT2D eigenvalue weighted by Crippen LogP contribution is 2.28. The zero-order chi connectivity index (χ0) is 18.6. The molecule has 0 aliphatic rings. The van der Waals surface area contributed by atoms with Crippen molar-refractivity contribution >= 4 is 11.8 Å². The topological polar surface area (TPSA) is 72.0 Å². The van der Waals surface area contributed by atoms with Crippen LogP contribution in [0.15, 0.2) is 76.4 Å². The van der Waals surface area contributed by atoms with Gasteiger partial charge in [0.25, 0.3) is 0 Å². The summed E-state index contributed by atoms with van der Waals surface area (Å²) < 4.78 is 5.89. The molecule has 134 valence electrons. The number of aromatic nitrogens is 3. The van der Waals surface area contributed by atoms with Crippen LogP contribution in [0.4, 0.5) is 0 Å². The van der Waals surface area contributed by atoms with Crippen molar-refractivity contribution in [3.8, 4) is 28.3 Å². The Morgan fingerprint density at radius 2 is 1.70 bits per heavy atom. The van der Waals surface area contributed by atoms with Crippen molar-refractivity contribution in [3.05, 3.63) is 78.4 Å². The highest BCUT2D eigenvalue weighted by atomic mass is 32.2. The minimum absolute atomic E-state index is 0.0316. The third kappa shape index (κ3) is 4.17. The van der Waals surface area contributed by atoms with Crippen molar-refractivity contribution in [2.75, 3.05) is 0 Å². The smallest absolute Gasteiger partial charge is 0.215 e. The normalized spacial score (nSPS) is 10.9. The van der Waals surface area contributed by atoms with Gasteiger partial charge < -0.3 is 9.52 Å². The van der Waals surface area contributed by atoms with E-state index in [1.54, 1.807) is 6.20 Å². The van der Waals surface area contributed by atoms with Crippen molar-refractivity contribution in [2.24, 2.45) is 0 Å². The van der Waals surface area contributed by atoms with Gasteiger partial charge in [-0.1, -0.05) is 60.3 Å². The number of aryl methyl sites for hydroxylation is 1. The van der Waals surface area contributed by atoms with Gasteiger partial charge in [0.05, 0.1) is 11.9 Å². The molecule has 1 N–H and O–H groups in total. The van der Waals surface area contributed by atoms with Gasteiger partial charge in [-0.3, -0.25) is 0 Å². The molecule has 0 unspecified atom stereocenters. The first-order chi connectivity index (χ1) is 13.2. The van der Waals surface area contributed by atoms with Crippen LogP contribution in [0, 0.1) is 6.92 Å². The maximum absolute atomic E-state index is 9.56. The van der Waals surface area contributed by atoms with Crippen molar-refractivity contribution < 1.29 is 9.52 Å². The second-order valence-corrected chi connectivity index (χ2v) is 6.95. The Morgan fingerprint density at radius 3 is 2.52 bits per heavy atom. The number of thioether (sulfide) groups is 1. The summed E-state index contributed by atoms with van der Waals surface area (Å²) in [7, 11) is 0. The molecule has 0 saturated carbocycles. The molecular weight excluding hydrogens is 358 g/mol. The van der Waals surface area contributed by atoms with Crippen molar-refractivity contribution in [2.45, 2.75) is 17.8 Å². The number of aromatic hydroxyl groups is 1. The first kappa shape index (κ1) is 17.3. The first-order valence-corrected chi connectivity index (χ1v) is 9.44. The highest BCUT2D eigenvalue weighted by Gasteiger charge is 2.10. The van der Waals surface area contributed by atoms with Crippen LogP contribution in [0.1, 0.15) is 11.6 Å². The minimum Gasteiger partial charge on any atom is -0.493 e. The predicted molar refractivity (Wildman–Crippen MR) is 105 cm³/mol. The molecule has 0 bridgehead atoms. The summed E-state index contributed by atoms with van der Waals surface area (Å²) in [5, 5.41) is 10.1. The van der Waals surface area contributed by atoms with Crippen LogP contribution in [0.5, 0.6) is 5.88 Å². The monoisotopic (exact) mass is 375 g/mol. The van der Waals surface area contributed by atoms with Gasteiger partial charge >= 0.3 is 0 Å². The Balaban J connectivity index is 1.51. The van der Waals surface area contributed by atoms with Gasteiger partial charge in [-0.2, -0.15) is 4.98 Å². The van der Waals surface area contributed by atoms with Gasteiger partial charge in [-0.25, -0.2) is 9.97 Å². The van der Waals surface area contributed by atoms with Gasteiger partial charge in [0.2, 0.25) is 11.8 Å². The molecule has 0 spiro atoms. The molecule has 0 amide bonds. The summed E-state index contributed by atoms with van der Waals surface area (Å²) in [6, 6.07) is 19.9. The Bertz CT molecular complexity index is 1040. The number of hydrogen-bond acceptors (Lipinski definition) is 6. The SMILES string of the molecule is Cc1cc(O)nc(SCc2ncc(-c3cccc(-c4ccccc4)c3)o2)n1. The lowest BCUT2D eigenvalue weighted by Gasteiger charge is -2.03. The van der Waals surface area contributed by atoms with Crippen LogP contribution in [0.3, 0.4) is 0 Å². The van der Waals surface area contributed by atoms with E-state index in [0.717, 1.165) is 28.1 Å². The Hall–Kier alpha value is -3.12. The molecule has 0 atom stereocenters. The van der Waals surface area contributed by atoms with Gasteiger partial charge in [0, 0.05) is 17.3 Å². The Labute approximate surface area is 161 Å². The average Bonchev–Trinajstić information content (AvgIpc) is 3.16. The van der Waals surface area contributed by atoms with E-state index < -0.39 is 0 Å². The minimum atomic E-state index is -0.0316. The predicted octanol–water partition coefficient (Wildman–Crippen LogP) is 5.10. The van der Waals surface area contributed by atoms with Gasteiger partial charge in [-0.15, -0.1) is 0 Å². The molecule has 2 aromatic heterocycles. The van der Waals surface area contributed by atoms with E-state index in [1.807, 2.05) is 37.3 Å². The van der Waals surface area contributed by atoms with Crippen LogP contribution in [-0.2, 0) is 5.75 Å². The molecule has 0 saturated heterocycles. The maximum atomic E-state index is 9.56. The number of benzene rings is 2. The van der Waals surface area contributed by atoms with Gasteiger partial charge in [0.15, 0.2) is 10.9 Å². The summed E-state index contributed by atoms with van der Waals surface area (Å²) >= 11 is 1.37. The molecule has 2 heterocycles. The van der Waals surface area contributed by atoms with E-state index in [1.165, 1.54) is 17.8 Å². The summed E-state index contributed by atoms with van der Waals surface area (Å²) in [5.41, 5.74) is 3.98. The van der Waals surface area contributed by atoms with E-state index >= 15 is 0 Å². The Kier molecular flexibility index (Phi) is 4.89. The van der Waals surface area contributed by atoms with Gasteiger partial charge in [0.1, 0.15) is 0 Å². The third-order valence-electron chi connectivity index (χ3n) is 3.95. The fraction of sp³-hybridized carbons (Fsp3) is 0.0952. The summed E-state index contributed by atoms with van der Waals surface area (Å²) in [4.78, 5) is 12.6. The number of hydrogen-bond donors (Lipinski definition) is 1. The van der Waals surface area contributed by atoms with E-state index in [9.17, 15) is 5.11 Å². The molecule has 27 heavy (non-hydrogen) atoms. The lowest BCUT2D eigenvalue weighted by molar-refractivity contribution is 0.444. The van der Waals surface area contributed by atoms with Crippen LogP contribution in [0.25, 0.3) is 22.5 Å². The zero-order valence-corrected chi connectivity index (χ0v) is 15.5. The number of oxazole rings is 1. The third-order valence-corrected chi connectivity index (χ3v) is 4.78. The van der Waals surface area contributed by atoms with E-state index in [4.69, 9.17) is 4.42 Å². The Morgan fingerprint density at radius 1 is 0.926 bits per heavy atom. The first-order valence-electron chi connectivity index (χ1n) is 8.45. The lowest BCUT2D eigenvalue weighted by atomic mass is 10.0. The van der Waals surface area contributed by atoms with Crippen LogP contribution in [-0.4, -0.2) is 20.1 Å². The van der Waals surface area contributed by atoms with Crippen molar-refractivity contribution in [1.29, 1.82) is 0 Å². The fourth-order valence-corrected chi connectivity index (χ4v) is 3.46. The molecule has 6 heteroatoms. The summed E-state index contributed by atoms with van der Waals surface area (Å²) in [5.74, 6) is 1.76. The summed E-state index contributed by atoms with van der Waals surface area (Å²) in [6.07, 6.45) is 1.73. The second-order valence-electron chi connectivity index (χ2n) is 6.00. The van der Waals surface area contributed by atoms with E-state index in [-0.39, 0.29) is 5.88 Å². The lowest BCUT2D eigenvalue weighted by Crippen LogP contribution is -1.90. The maximum Gasteiger partial charge on any atom is 0.215 e. The van der Waals surface area contributed by atoms with Gasteiger partial charge in [-0.05, 0) is 24.1 Å². The molecule has 0 radical (unpaired) electrons. The zero-order valence-electron chi connectivity index (χ0n) is 14.7. The average molecular weight is 375 g/mol. The van der Waals surface area contributed by atoms with E-state index in [2.05, 4.69) is 39.2 Å². The molecule has 4 aromatic rings. The highest BCUT2D eigenvalue weighted by molar-refractivity contribution is 7.98. The quantitative estimate of drug-likeness (QED) is 0.386. The van der Waals surface area contributed by atoms with Crippen LogP contribution in [0.2, 0.25) is 0 Å². The molecule has 2 aromatic carbocycles. The second kappa shape index (κ2) is 7.63. The summed E-state index contributed by atoms with van der Waals surface area (Å²) in [6.45, 7) is 1.81. The number of nitrogens with zero attached hydrogens (tertiary/aromatic N) is 3. The van der Waals surface area contributed by atoms with Crippen molar-refractivity contribution in [1.82, 2.24) is 15.0 Å².